The maximum Gasteiger partial charge on any atom is 0.0498 e. The molecule has 1 unspecified atom stereocenters. The van der Waals surface area contributed by atoms with Crippen LogP contribution >= 0.6 is 0 Å². The highest BCUT2D eigenvalue weighted by molar-refractivity contribution is 7.84. The lowest BCUT2D eigenvalue weighted by atomic mass is 10.2. The molecule has 6 heteroatoms. The summed E-state index contributed by atoms with van der Waals surface area (Å²) in [6.45, 7) is 0. The molecule has 0 saturated carbocycles. The number of hydrogen-bond donors (Lipinski definition) is 4. The minimum atomic E-state index is -0.968. The normalized spacial score (nSPS) is 11.4. The van der Waals surface area contributed by atoms with E-state index in [4.69, 9.17) is 0 Å². The highest BCUT2D eigenvalue weighted by atomic mass is 32.2. The lowest BCUT2D eigenvalue weighted by molar-refractivity contribution is 0.687. The van der Waals surface area contributed by atoms with Gasteiger partial charge in [-0.25, -0.2) is 0 Å². The first-order valence-electron chi connectivity index (χ1n) is 12.0. The zero-order chi connectivity index (χ0) is 25.5. The maximum atomic E-state index is 11.5. The summed E-state index contributed by atoms with van der Waals surface area (Å²) in [4.78, 5) is 0.820. The summed E-state index contributed by atoms with van der Waals surface area (Å²) in [5, 5.41) is 13.6. The Labute approximate surface area is 220 Å². The average Bonchev–Trinajstić information content (AvgIpc) is 2.93. The quantitative estimate of drug-likeness (QED) is 0.162. The third-order valence-corrected chi connectivity index (χ3v) is 6.71. The van der Waals surface area contributed by atoms with Crippen molar-refractivity contribution in [2.75, 3.05) is 27.5 Å². The second-order valence-electron chi connectivity index (χ2n) is 8.58. The van der Waals surface area contributed by atoms with Crippen LogP contribution in [0.4, 0.5) is 45.5 Å². The van der Waals surface area contributed by atoms with Crippen LogP contribution in [0.2, 0.25) is 0 Å². The largest absolute Gasteiger partial charge is 0.356 e. The third-order valence-electron chi connectivity index (χ3n) is 5.77. The number of anilines is 8. The monoisotopic (exact) mass is 504 g/mol. The molecule has 0 aliphatic carbocycles. The highest BCUT2D eigenvalue weighted by Crippen LogP contribution is 2.25. The van der Waals surface area contributed by atoms with Gasteiger partial charge in [0, 0.05) is 67.4 Å². The molecule has 5 rings (SSSR count). The Morgan fingerprint density at radius 1 is 0.378 bits per heavy atom. The summed E-state index contributed by atoms with van der Waals surface area (Å²) in [5.74, 6) is 0. The van der Waals surface area contributed by atoms with E-state index in [1.807, 2.05) is 78.9 Å². The Morgan fingerprint density at radius 3 is 0.892 bits per heavy atom. The molecule has 0 amide bonds. The van der Waals surface area contributed by atoms with Gasteiger partial charge in [0.2, 0.25) is 0 Å². The molecular formula is C31H28N4OS. The number of para-hydroxylation sites is 1. The van der Waals surface area contributed by atoms with Crippen LogP contribution in [0.5, 0.6) is 0 Å². The molecule has 0 fully saturated rings. The van der Waals surface area contributed by atoms with Crippen LogP contribution < -0.4 is 21.3 Å². The molecule has 0 radical (unpaired) electrons. The van der Waals surface area contributed by atoms with Gasteiger partial charge in [0.05, 0.1) is 0 Å². The van der Waals surface area contributed by atoms with Crippen molar-refractivity contribution in [3.63, 3.8) is 0 Å². The molecule has 5 nitrogen and oxygen atoms in total. The van der Waals surface area contributed by atoms with Crippen LogP contribution in [0, 0.1) is 0 Å². The standard InChI is InChI=1S/C31H28N4OS/c1-37(36)31-21-19-30(20-22-31)35-29-17-15-28(16-18-29)34-27-13-11-26(12-14-27)33-25-9-7-24(8-10-25)32-23-5-3-2-4-6-23/h2-22,32-35H,1H3. The van der Waals surface area contributed by atoms with E-state index >= 15 is 0 Å². The molecule has 0 saturated heterocycles. The van der Waals surface area contributed by atoms with Crippen LogP contribution in [-0.4, -0.2) is 10.5 Å². The number of hydrogen-bond acceptors (Lipinski definition) is 5. The molecule has 0 aliphatic heterocycles. The Hall–Kier alpha value is -4.55. The fourth-order valence-corrected chi connectivity index (χ4v) is 4.35. The van der Waals surface area contributed by atoms with Gasteiger partial charge in [0.15, 0.2) is 0 Å². The second kappa shape index (κ2) is 11.5. The highest BCUT2D eigenvalue weighted by Gasteiger charge is 2.01. The van der Waals surface area contributed by atoms with E-state index in [9.17, 15) is 4.21 Å². The van der Waals surface area contributed by atoms with Gasteiger partial charge in [-0.15, -0.1) is 0 Å². The van der Waals surface area contributed by atoms with Gasteiger partial charge < -0.3 is 21.3 Å². The molecule has 1 atom stereocenters. The van der Waals surface area contributed by atoms with Crippen LogP contribution in [0.15, 0.2) is 132 Å². The molecule has 37 heavy (non-hydrogen) atoms. The Kier molecular flexibility index (Phi) is 7.48. The van der Waals surface area contributed by atoms with E-state index in [-0.39, 0.29) is 0 Å². The summed E-state index contributed by atoms with van der Waals surface area (Å²) in [5.41, 5.74) is 8.12. The second-order valence-corrected chi connectivity index (χ2v) is 9.96. The molecule has 0 heterocycles. The van der Waals surface area contributed by atoms with Gasteiger partial charge in [0.25, 0.3) is 0 Å². The van der Waals surface area contributed by atoms with Gasteiger partial charge in [-0.05, 0) is 109 Å². The Balaban J connectivity index is 1.14. The summed E-state index contributed by atoms with van der Waals surface area (Å²) >= 11 is 0. The maximum absolute atomic E-state index is 11.5. The zero-order valence-electron chi connectivity index (χ0n) is 20.4. The van der Waals surface area contributed by atoms with Crippen molar-refractivity contribution in [1.82, 2.24) is 0 Å². The topological polar surface area (TPSA) is 65.2 Å². The minimum absolute atomic E-state index is 0.820. The fraction of sp³-hybridized carbons (Fsp3) is 0.0323. The van der Waals surface area contributed by atoms with Crippen molar-refractivity contribution in [2.24, 2.45) is 0 Å². The number of nitrogens with one attached hydrogen (secondary N) is 4. The van der Waals surface area contributed by atoms with Crippen molar-refractivity contribution in [3.8, 4) is 0 Å². The number of benzene rings is 5. The number of rotatable bonds is 9. The SMILES string of the molecule is CS(=O)c1ccc(Nc2ccc(Nc3ccc(Nc4ccc(Nc5ccccc5)cc4)cc3)cc2)cc1. The van der Waals surface area contributed by atoms with Crippen molar-refractivity contribution in [2.45, 2.75) is 4.90 Å². The van der Waals surface area contributed by atoms with E-state index in [1.54, 1.807) is 6.26 Å². The van der Waals surface area contributed by atoms with Gasteiger partial charge in [-0.3, -0.25) is 4.21 Å². The average molecular weight is 505 g/mol. The van der Waals surface area contributed by atoms with E-state index in [1.165, 1.54) is 0 Å². The molecule has 0 aromatic heterocycles. The first-order valence-corrected chi connectivity index (χ1v) is 13.5. The molecule has 0 bridgehead atoms. The van der Waals surface area contributed by atoms with E-state index < -0.39 is 10.8 Å². The minimum Gasteiger partial charge on any atom is -0.356 e. The zero-order valence-corrected chi connectivity index (χ0v) is 21.3. The smallest absolute Gasteiger partial charge is 0.0498 e. The first-order chi connectivity index (χ1) is 18.1. The lowest BCUT2D eigenvalue weighted by Crippen LogP contribution is -1.94. The molecule has 5 aromatic carbocycles. The van der Waals surface area contributed by atoms with Gasteiger partial charge in [-0.2, -0.15) is 0 Å². The van der Waals surface area contributed by atoms with Crippen molar-refractivity contribution in [1.29, 1.82) is 0 Å². The van der Waals surface area contributed by atoms with Crippen LogP contribution in [-0.2, 0) is 10.8 Å². The molecule has 0 spiro atoms. The van der Waals surface area contributed by atoms with Crippen LogP contribution in [0.1, 0.15) is 0 Å². The molecule has 5 aromatic rings. The fourth-order valence-electron chi connectivity index (χ4n) is 3.83. The third kappa shape index (κ3) is 6.78. The van der Waals surface area contributed by atoms with Crippen LogP contribution in [0.25, 0.3) is 0 Å². The van der Waals surface area contributed by atoms with Gasteiger partial charge in [-0.1, -0.05) is 18.2 Å². The van der Waals surface area contributed by atoms with E-state index in [0.717, 1.165) is 50.4 Å². The van der Waals surface area contributed by atoms with E-state index in [2.05, 4.69) is 69.8 Å². The first kappa shape index (κ1) is 24.2. The van der Waals surface area contributed by atoms with Crippen molar-refractivity contribution < 1.29 is 4.21 Å². The molecular weight excluding hydrogens is 476 g/mol. The Morgan fingerprint density at radius 2 is 0.622 bits per heavy atom. The summed E-state index contributed by atoms with van der Waals surface area (Å²) in [7, 11) is -0.968. The molecule has 4 N–H and O–H groups in total. The molecule has 0 aliphatic rings. The summed E-state index contributed by atoms with van der Waals surface area (Å²) in [6.07, 6.45) is 1.68. The van der Waals surface area contributed by atoms with Gasteiger partial charge >= 0.3 is 0 Å². The van der Waals surface area contributed by atoms with Crippen molar-refractivity contribution >= 4 is 56.3 Å². The lowest BCUT2D eigenvalue weighted by Gasteiger charge is -2.12. The van der Waals surface area contributed by atoms with Crippen molar-refractivity contribution in [3.05, 3.63) is 127 Å². The molecule has 184 valence electrons. The van der Waals surface area contributed by atoms with E-state index in [0.29, 0.717) is 0 Å². The van der Waals surface area contributed by atoms with Gasteiger partial charge in [0.1, 0.15) is 0 Å². The Bertz CT molecular complexity index is 1450. The van der Waals surface area contributed by atoms with Crippen LogP contribution in [0.3, 0.4) is 0 Å². The predicted molar refractivity (Wildman–Crippen MR) is 158 cm³/mol. The summed E-state index contributed by atoms with van der Waals surface area (Å²) in [6, 6.07) is 42.4. The summed E-state index contributed by atoms with van der Waals surface area (Å²) < 4.78 is 11.5. The predicted octanol–water partition coefficient (Wildman–Crippen LogP) is 8.40.